The maximum atomic E-state index is 13.7. The lowest BCUT2D eigenvalue weighted by molar-refractivity contribution is -0.139. The third-order valence-corrected chi connectivity index (χ3v) is 7.30. The van der Waals surface area contributed by atoms with Gasteiger partial charge in [0.15, 0.2) is 16.3 Å². The molecule has 1 N–H and O–H groups in total. The number of esters is 1. The predicted octanol–water partition coefficient (Wildman–Crippen LogP) is 4.32. The number of aromatic hydroxyl groups is 1. The van der Waals surface area contributed by atoms with E-state index in [-0.39, 0.29) is 23.5 Å². The summed E-state index contributed by atoms with van der Waals surface area (Å²) in [5.74, 6) is -0.258. The van der Waals surface area contributed by atoms with Crippen molar-refractivity contribution in [2.45, 2.75) is 26.8 Å². The van der Waals surface area contributed by atoms with Crippen LogP contribution in [-0.2, 0) is 9.53 Å². The number of halogens is 2. The molecule has 2 aromatic carbocycles. The largest absolute Gasteiger partial charge is 0.503 e. The number of ether oxygens (including phenoxy) is 2. The average Bonchev–Trinajstić information content (AvgIpc) is 3.11. The van der Waals surface area contributed by atoms with Crippen molar-refractivity contribution < 1.29 is 19.4 Å². The summed E-state index contributed by atoms with van der Waals surface area (Å²) in [6.45, 7) is 5.82. The Bertz CT molecular complexity index is 1530. The van der Waals surface area contributed by atoms with Crippen LogP contribution >= 0.6 is 38.9 Å². The summed E-state index contributed by atoms with van der Waals surface area (Å²) in [6.07, 6.45) is 1.70. The van der Waals surface area contributed by atoms with Crippen molar-refractivity contribution in [3.05, 3.63) is 88.0 Å². The van der Waals surface area contributed by atoms with Gasteiger partial charge in [0.1, 0.15) is 6.04 Å². The number of carbonyl (C=O) groups excluding carboxylic acids is 1. The molecule has 1 aromatic heterocycles. The molecule has 1 unspecified atom stereocenters. The van der Waals surface area contributed by atoms with E-state index in [0.29, 0.717) is 48.0 Å². The van der Waals surface area contributed by atoms with Crippen LogP contribution in [-0.4, -0.2) is 28.9 Å². The number of carbonyl (C=O) groups is 1. The van der Waals surface area contributed by atoms with Crippen LogP contribution in [0.4, 0.5) is 0 Å². The number of rotatable bonds is 6. The van der Waals surface area contributed by atoms with Crippen molar-refractivity contribution in [3.8, 4) is 11.5 Å². The maximum absolute atomic E-state index is 13.7. The topological polar surface area (TPSA) is 90.1 Å². The van der Waals surface area contributed by atoms with Crippen molar-refractivity contribution in [2.24, 2.45) is 4.99 Å². The standard InChI is InChI=1S/C25H22BrClN2O5S/c1-4-33-18-11-14(10-16(26)22(18)30)12-19-23(31)29-21(15-8-6-7-9-17(15)27)20(24(32)34-5-2)13(3)28-25(29)35-19/h6-12,21,30H,4-5H2,1-3H3/b19-12-. The van der Waals surface area contributed by atoms with Gasteiger partial charge in [-0.25, -0.2) is 9.79 Å². The summed E-state index contributed by atoms with van der Waals surface area (Å²) >= 11 is 11.0. The molecule has 0 aliphatic carbocycles. The quantitative estimate of drug-likeness (QED) is 0.441. The first-order valence-corrected chi connectivity index (χ1v) is 12.8. The summed E-state index contributed by atoms with van der Waals surface area (Å²) in [5.41, 5.74) is 1.66. The normalized spacial score (nSPS) is 15.6. The monoisotopic (exact) mass is 576 g/mol. The van der Waals surface area contributed by atoms with E-state index >= 15 is 0 Å². The van der Waals surface area contributed by atoms with E-state index in [1.807, 2.05) is 6.92 Å². The summed E-state index contributed by atoms with van der Waals surface area (Å²) < 4.78 is 13.1. The van der Waals surface area contributed by atoms with Gasteiger partial charge in [0.2, 0.25) is 0 Å². The van der Waals surface area contributed by atoms with E-state index in [4.69, 9.17) is 21.1 Å². The van der Waals surface area contributed by atoms with Gasteiger partial charge in [0, 0.05) is 5.02 Å². The molecule has 35 heavy (non-hydrogen) atoms. The van der Waals surface area contributed by atoms with Gasteiger partial charge in [0.25, 0.3) is 5.56 Å². The smallest absolute Gasteiger partial charge is 0.338 e. The van der Waals surface area contributed by atoms with Crippen LogP contribution in [0.25, 0.3) is 6.08 Å². The minimum atomic E-state index is -0.785. The molecule has 1 aliphatic heterocycles. The van der Waals surface area contributed by atoms with Gasteiger partial charge in [0.05, 0.1) is 33.5 Å². The minimum absolute atomic E-state index is 0.0149. The molecule has 1 aliphatic rings. The third-order valence-electron chi connectivity index (χ3n) is 5.37. The van der Waals surface area contributed by atoms with Gasteiger partial charge in [-0.2, -0.15) is 0 Å². The Morgan fingerprint density at radius 2 is 2.03 bits per heavy atom. The highest BCUT2D eigenvalue weighted by atomic mass is 79.9. The fraction of sp³-hybridized carbons (Fsp3) is 0.240. The number of allylic oxidation sites excluding steroid dienone is 1. The van der Waals surface area contributed by atoms with Crippen LogP contribution in [0.1, 0.15) is 37.9 Å². The molecular weight excluding hydrogens is 556 g/mol. The Morgan fingerprint density at radius 3 is 2.71 bits per heavy atom. The van der Waals surface area contributed by atoms with Gasteiger partial charge >= 0.3 is 5.97 Å². The molecule has 0 bridgehead atoms. The van der Waals surface area contributed by atoms with E-state index in [2.05, 4.69) is 20.9 Å². The second-order valence-electron chi connectivity index (χ2n) is 7.61. The number of aromatic nitrogens is 1. The van der Waals surface area contributed by atoms with Crippen LogP contribution in [0, 0.1) is 0 Å². The molecule has 0 amide bonds. The zero-order chi connectivity index (χ0) is 25.3. The van der Waals surface area contributed by atoms with E-state index in [0.717, 1.165) is 0 Å². The fourth-order valence-corrected chi connectivity index (χ4v) is 5.62. The molecule has 0 fully saturated rings. The summed E-state index contributed by atoms with van der Waals surface area (Å²) in [4.78, 5) is 31.6. The van der Waals surface area contributed by atoms with E-state index in [9.17, 15) is 14.7 Å². The highest BCUT2D eigenvalue weighted by Gasteiger charge is 2.34. The number of phenols is 1. The number of nitrogens with zero attached hydrogens (tertiary/aromatic N) is 2. The van der Waals surface area contributed by atoms with Crippen molar-refractivity contribution in [1.29, 1.82) is 0 Å². The van der Waals surface area contributed by atoms with E-state index < -0.39 is 12.0 Å². The zero-order valence-electron chi connectivity index (χ0n) is 19.2. The first-order valence-electron chi connectivity index (χ1n) is 10.9. The lowest BCUT2D eigenvalue weighted by atomic mass is 9.96. The Hall–Kier alpha value is -2.88. The van der Waals surface area contributed by atoms with Crippen LogP contribution in [0.5, 0.6) is 11.5 Å². The summed E-state index contributed by atoms with van der Waals surface area (Å²) in [5, 5.41) is 10.6. The molecule has 1 atom stereocenters. The minimum Gasteiger partial charge on any atom is -0.503 e. The van der Waals surface area contributed by atoms with Crippen molar-refractivity contribution in [3.63, 3.8) is 0 Å². The van der Waals surface area contributed by atoms with Crippen molar-refractivity contribution in [2.75, 3.05) is 13.2 Å². The maximum Gasteiger partial charge on any atom is 0.338 e. The molecule has 182 valence electrons. The molecule has 0 spiro atoms. The lowest BCUT2D eigenvalue weighted by Crippen LogP contribution is -2.40. The number of fused-ring (bicyclic) bond motifs is 1. The Labute approximate surface area is 218 Å². The summed E-state index contributed by atoms with van der Waals surface area (Å²) in [6, 6.07) is 9.65. The van der Waals surface area contributed by atoms with Crippen LogP contribution in [0.2, 0.25) is 5.02 Å². The predicted molar refractivity (Wildman–Crippen MR) is 139 cm³/mol. The highest BCUT2D eigenvalue weighted by Crippen LogP contribution is 2.36. The van der Waals surface area contributed by atoms with Gasteiger partial charge in [-0.15, -0.1) is 0 Å². The Balaban J connectivity index is 1.96. The number of hydrogen-bond acceptors (Lipinski definition) is 7. The first-order chi connectivity index (χ1) is 16.8. The molecule has 2 heterocycles. The fourth-order valence-electron chi connectivity index (χ4n) is 3.88. The summed E-state index contributed by atoms with van der Waals surface area (Å²) in [7, 11) is 0. The Morgan fingerprint density at radius 1 is 1.29 bits per heavy atom. The lowest BCUT2D eigenvalue weighted by Gasteiger charge is -2.25. The molecule has 0 radical (unpaired) electrons. The number of phenolic OH excluding ortho intramolecular Hbond substituents is 1. The molecular formula is C25H22BrClN2O5S. The number of thiazole rings is 1. The van der Waals surface area contributed by atoms with E-state index in [1.54, 1.807) is 56.3 Å². The SMILES string of the molecule is CCOC(=O)C1=C(C)N=c2s/c(=C\c3cc(Br)c(O)c(OCC)c3)c(=O)n2C1c1ccccc1Cl. The van der Waals surface area contributed by atoms with Crippen LogP contribution in [0.3, 0.4) is 0 Å². The molecule has 0 saturated carbocycles. The average molecular weight is 578 g/mol. The van der Waals surface area contributed by atoms with Gasteiger partial charge in [-0.1, -0.05) is 41.1 Å². The number of benzene rings is 2. The zero-order valence-corrected chi connectivity index (χ0v) is 22.3. The van der Waals surface area contributed by atoms with E-state index in [1.165, 1.54) is 15.9 Å². The number of hydrogen-bond donors (Lipinski definition) is 1. The molecule has 10 heteroatoms. The van der Waals surface area contributed by atoms with Crippen LogP contribution < -0.4 is 19.6 Å². The Kier molecular flexibility index (Phi) is 7.49. The molecule has 3 aromatic rings. The van der Waals surface area contributed by atoms with Crippen molar-refractivity contribution in [1.82, 2.24) is 4.57 Å². The molecule has 4 rings (SSSR count). The second kappa shape index (κ2) is 10.4. The highest BCUT2D eigenvalue weighted by molar-refractivity contribution is 9.10. The molecule has 7 nitrogen and oxygen atoms in total. The second-order valence-corrected chi connectivity index (χ2v) is 9.88. The molecule has 0 saturated heterocycles. The first kappa shape index (κ1) is 25.2. The van der Waals surface area contributed by atoms with Gasteiger partial charge in [-0.3, -0.25) is 9.36 Å². The van der Waals surface area contributed by atoms with Gasteiger partial charge in [-0.05, 0) is 72.1 Å². The van der Waals surface area contributed by atoms with Gasteiger partial charge < -0.3 is 14.6 Å². The third kappa shape index (κ3) is 4.80. The van der Waals surface area contributed by atoms with Crippen LogP contribution in [0.15, 0.2) is 61.9 Å². The van der Waals surface area contributed by atoms with Crippen molar-refractivity contribution >= 4 is 50.9 Å².